The third-order valence-corrected chi connectivity index (χ3v) is 5.05. The minimum Gasteiger partial charge on any atom is -0.406 e. The Hall–Kier alpha value is -2.13. The molecule has 1 atom stereocenters. The Labute approximate surface area is 161 Å². The average molecular weight is 444 g/mol. The summed E-state index contributed by atoms with van der Waals surface area (Å²) in [5.74, 6) is -0.0922. The van der Waals surface area contributed by atoms with Crippen LogP contribution in [0.3, 0.4) is 0 Å². The van der Waals surface area contributed by atoms with Gasteiger partial charge in [-0.1, -0.05) is 52.4 Å². The van der Waals surface area contributed by atoms with Crippen LogP contribution in [0.2, 0.25) is 0 Å². The molecule has 1 aliphatic rings. The molecular weight excluding hydrogens is 431 g/mol. The molecule has 2 aromatic rings. The first-order valence-corrected chi connectivity index (χ1v) is 8.59. The molecule has 136 valence electrons. The predicted octanol–water partition coefficient (Wildman–Crippen LogP) is 4.18. The van der Waals surface area contributed by atoms with E-state index in [9.17, 15) is 13.2 Å². The quantitative estimate of drug-likeness (QED) is 0.722. The number of rotatable bonds is 3. The van der Waals surface area contributed by atoms with Gasteiger partial charge in [0.2, 0.25) is 0 Å². The summed E-state index contributed by atoms with van der Waals surface area (Å²) >= 11 is 9.00. The summed E-state index contributed by atoms with van der Waals surface area (Å²) in [7, 11) is 1.70. The zero-order chi connectivity index (χ0) is 19.1. The van der Waals surface area contributed by atoms with Crippen LogP contribution in [0.1, 0.15) is 11.1 Å². The Morgan fingerprint density at radius 1 is 1.15 bits per heavy atom. The highest BCUT2D eigenvalue weighted by Crippen LogP contribution is 2.41. The van der Waals surface area contributed by atoms with Crippen LogP contribution >= 0.6 is 28.1 Å². The molecule has 1 unspecified atom stereocenters. The Balaban J connectivity index is 2.13. The first kappa shape index (κ1) is 18.7. The molecule has 0 spiro atoms. The summed E-state index contributed by atoms with van der Waals surface area (Å²) in [4.78, 5) is 6.57. The van der Waals surface area contributed by atoms with E-state index < -0.39 is 11.9 Å². The summed E-state index contributed by atoms with van der Waals surface area (Å²) in [6, 6.07) is 12.8. The highest BCUT2D eigenvalue weighted by Gasteiger charge is 2.46. The van der Waals surface area contributed by atoms with Gasteiger partial charge in [-0.25, -0.2) is 4.99 Å². The van der Waals surface area contributed by atoms with Gasteiger partial charge in [0.05, 0.1) is 0 Å². The minimum atomic E-state index is -4.76. The minimum absolute atomic E-state index is 0.227. The van der Waals surface area contributed by atoms with Crippen molar-refractivity contribution in [1.29, 1.82) is 0 Å². The lowest BCUT2D eigenvalue weighted by Crippen LogP contribution is -2.39. The summed E-state index contributed by atoms with van der Waals surface area (Å²) in [6.07, 6.45) is -4.76. The van der Waals surface area contributed by atoms with Crippen molar-refractivity contribution in [3.8, 4) is 5.75 Å². The lowest BCUT2D eigenvalue weighted by molar-refractivity contribution is -0.274. The molecule has 0 aliphatic carbocycles. The number of benzene rings is 2. The topological polar surface area (TPSA) is 50.8 Å². The molecule has 0 saturated heterocycles. The van der Waals surface area contributed by atoms with Gasteiger partial charge in [-0.05, 0) is 35.4 Å². The Kier molecular flexibility index (Phi) is 4.70. The predicted molar refractivity (Wildman–Crippen MR) is 100 cm³/mol. The molecular formula is C17H13BrF3N3OS. The van der Waals surface area contributed by atoms with E-state index in [0.717, 1.165) is 10.0 Å². The smallest absolute Gasteiger partial charge is 0.406 e. The number of guanidine groups is 1. The lowest BCUT2D eigenvalue weighted by Gasteiger charge is -2.29. The highest BCUT2D eigenvalue weighted by atomic mass is 79.9. The molecule has 0 radical (unpaired) electrons. The molecule has 0 saturated carbocycles. The van der Waals surface area contributed by atoms with Crippen molar-refractivity contribution in [2.75, 3.05) is 7.05 Å². The van der Waals surface area contributed by atoms with Crippen LogP contribution < -0.4 is 10.5 Å². The third-order valence-electron chi connectivity index (χ3n) is 3.99. The summed E-state index contributed by atoms with van der Waals surface area (Å²) < 4.78 is 41.9. The Morgan fingerprint density at radius 3 is 2.31 bits per heavy atom. The van der Waals surface area contributed by atoms with E-state index in [4.69, 9.17) is 18.0 Å². The lowest BCUT2D eigenvalue weighted by atomic mass is 9.83. The molecule has 0 amide bonds. The summed E-state index contributed by atoms with van der Waals surface area (Å²) in [5.41, 5.74) is 6.20. The molecule has 0 bridgehead atoms. The summed E-state index contributed by atoms with van der Waals surface area (Å²) in [6.45, 7) is 0. The first-order chi connectivity index (χ1) is 12.1. The van der Waals surface area contributed by atoms with E-state index >= 15 is 0 Å². The second-order valence-corrected chi connectivity index (χ2v) is 6.93. The third kappa shape index (κ3) is 3.28. The van der Waals surface area contributed by atoms with Crippen LogP contribution in [-0.4, -0.2) is 29.3 Å². The average Bonchev–Trinajstić information content (AvgIpc) is 2.79. The Bertz CT molecular complexity index is 886. The molecule has 1 heterocycles. The number of thiocarbonyl (C=S) groups is 1. The molecule has 26 heavy (non-hydrogen) atoms. The van der Waals surface area contributed by atoms with Gasteiger partial charge in [0, 0.05) is 11.5 Å². The normalized spacial score (nSPS) is 20.3. The van der Waals surface area contributed by atoms with Crippen molar-refractivity contribution in [1.82, 2.24) is 4.90 Å². The van der Waals surface area contributed by atoms with Crippen LogP contribution in [0.4, 0.5) is 13.2 Å². The van der Waals surface area contributed by atoms with Crippen LogP contribution in [0.5, 0.6) is 5.75 Å². The van der Waals surface area contributed by atoms with Gasteiger partial charge in [-0.2, -0.15) is 0 Å². The molecule has 1 aliphatic heterocycles. The van der Waals surface area contributed by atoms with Gasteiger partial charge >= 0.3 is 6.36 Å². The number of halogens is 4. The Morgan fingerprint density at radius 2 is 1.81 bits per heavy atom. The van der Waals surface area contributed by atoms with E-state index in [1.807, 2.05) is 24.3 Å². The fourth-order valence-corrected chi connectivity index (χ4v) is 3.57. The zero-order valence-electron chi connectivity index (χ0n) is 13.4. The molecule has 9 heteroatoms. The van der Waals surface area contributed by atoms with Gasteiger partial charge in [0.25, 0.3) is 0 Å². The van der Waals surface area contributed by atoms with E-state index in [1.54, 1.807) is 11.9 Å². The number of aliphatic imine (C=N–C) groups is 1. The van der Waals surface area contributed by atoms with Gasteiger partial charge in [-0.15, -0.1) is 13.2 Å². The van der Waals surface area contributed by atoms with Crippen molar-refractivity contribution in [2.24, 2.45) is 10.7 Å². The molecule has 4 nitrogen and oxygen atoms in total. The number of nitrogens with two attached hydrogens (primary N) is 1. The first-order valence-electron chi connectivity index (χ1n) is 7.39. The number of ether oxygens (including phenoxy) is 1. The van der Waals surface area contributed by atoms with Gasteiger partial charge < -0.3 is 15.4 Å². The number of nitrogens with zero attached hydrogens (tertiary/aromatic N) is 2. The van der Waals surface area contributed by atoms with Crippen molar-refractivity contribution in [2.45, 2.75) is 11.9 Å². The van der Waals surface area contributed by atoms with Gasteiger partial charge in [-0.3, -0.25) is 0 Å². The van der Waals surface area contributed by atoms with Gasteiger partial charge in [0.1, 0.15) is 10.7 Å². The maximum Gasteiger partial charge on any atom is 0.573 e. The molecule has 2 N–H and O–H groups in total. The second-order valence-electron chi connectivity index (χ2n) is 5.63. The van der Waals surface area contributed by atoms with E-state index in [0.29, 0.717) is 10.6 Å². The SMILES string of the molecule is CN1C(=S)C(c2ccc(OC(F)(F)F)cc2)(c2cccc(Br)c2)N=C1N. The zero-order valence-corrected chi connectivity index (χ0v) is 15.8. The van der Waals surface area contributed by atoms with E-state index in [2.05, 4.69) is 25.7 Å². The fraction of sp³-hybridized carbons (Fsp3) is 0.176. The van der Waals surface area contributed by atoms with Crippen molar-refractivity contribution in [3.05, 3.63) is 64.1 Å². The second kappa shape index (κ2) is 6.55. The number of hydrogen-bond donors (Lipinski definition) is 1. The largest absolute Gasteiger partial charge is 0.573 e. The molecule has 0 aromatic heterocycles. The van der Waals surface area contributed by atoms with Crippen LogP contribution in [0.25, 0.3) is 0 Å². The summed E-state index contributed by atoms with van der Waals surface area (Å²) in [5, 5.41) is 0. The number of hydrogen-bond acceptors (Lipinski definition) is 4. The maximum atomic E-state index is 12.4. The number of alkyl halides is 3. The molecule has 2 aromatic carbocycles. The monoisotopic (exact) mass is 443 g/mol. The maximum absolute atomic E-state index is 12.4. The van der Waals surface area contributed by atoms with Gasteiger partial charge in [0.15, 0.2) is 11.5 Å². The molecule has 0 fully saturated rings. The van der Waals surface area contributed by atoms with Crippen LogP contribution in [-0.2, 0) is 5.54 Å². The van der Waals surface area contributed by atoms with E-state index in [-0.39, 0.29) is 11.7 Å². The fourth-order valence-electron chi connectivity index (χ4n) is 2.80. The molecule has 3 rings (SSSR count). The highest BCUT2D eigenvalue weighted by molar-refractivity contribution is 9.10. The van der Waals surface area contributed by atoms with Crippen LogP contribution in [0.15, 0.2) is 58.0 Å². The van der Waals surface area contributed by atoms with E-state index in [1.165, 1.54) is 24.3 Å². The van der Waals surface area contributed by atoms with Crippen LogP contribution in [0, 0.1) is 0 Å². The van der Waals surface area contributed by atoms with Crippen molar-refractivity contribution < 1.29 is 17.9 Å². The van der Waals surface area contributed by atoms with Crippen molar-refractivity contribution in [3.63, 3.8) is 0 Å². The van der Waals surface area contributed by atoms with Crippen molar-refractivity contribution >= 4 is 39.1 Å². The number of likely N-dealkylation sites (N-methyl/N-ethyl adjacent to an activating group) is 1. The standard InChI is InChI=1S/C17H13BrF3N3OS/c1-24-14(26)16(23-15(24)22,11-3-2-4-12(18)9-11)10-5-7-13(8-6-10)25-17(19,20)21/h2-9H,1H3,(H2,22,23).